The lowest BCUT2D eigenvalue weighted by Crippen LogP contribution is -2.27. The number of aliphatic hydroxyl groups excluding tert-OH is 1. The Morgan fingerprint density at radius 2 is 1.91 bits per heavy atom. The van der Waals surface area contributed by atoms with Gasteiger partial charge in [-0.2, -0.15) is 0 Å². The summed E-state index contributed by atoms with van der Waals surface area (Å²) in [7, 11) is 0. The third-order valence-corrected chi connectivity index (χ3v) is 3.85. The molecule has 0 bridgehead atoms. The number of benzene rings is 1. The summed E-state index contributed by atoms with van der Waals surface area (Å²) >= 11 is 0. The zero-order valence-corrected chi connectivity index (χ0v) is 13.1. The number of rotatable bonds is 7. The number of aromatic nitrogens is 2. The topological polar surface area (TPSA) is 40.8 Å². The van der Waals surface area contributed by atoms with Crippen LogP contribution in [0.15, 0.2) is 67.4 Å². The molecule has 4 nitrogen and oxygen atoms in total. The van der Waals surface area contributed by atoms with E-state index in [2.05, 4.69) is 28.0 Å². The molecule has 4 heteroatoms. The smallest absolute Gasteiger partial charge is 0.137 e. The van der Waals surface area contributed by atoms with Gasteiger partial charge in [0.2, 0.25) is 0 Å². The van der Waals surface area contributed by atoms with Crippen molar-refractivity contribution in [2.24, 2.45) is 0 Å². The molecule has 0 aliphatic rings. The van der Waals surface area contributed by atoms with E-state index in [0.29, 0.717) is 13.1 Å². The van der Waals surface area contributed by atoms with E-state index in [1.165, 1.54) is 0 Å². The number of hydrogen-bond donors (Lipinski definition) is 1. The highest BCUT2D eigenvalue weighted by molar-refractivity contribution is 5.66. The fourth-order valence-electron chi connectivity index (χ4n) is 2.80. The lowest BCUT2D eigenvalue weighted by atomic mass is 10.1. The maximum atomic E-state index is 9.29. The minimum Gasteiger partial charge on any atom is -0.395 e. The first-order valence-electron chi connectivity index (χ1n) is 7.79. The highest BCUT2D eigenvalue weighted by Gasteiger charge is 2.16. The normalized spacial score (nSPS) is 11.2. The van der Waals surface area contributed by atoms with Crippen LogP contribution in [-0.2, 0) is 6.54 Å². The summed E-state index contributed by atoms with van der Waals surface area (Å²) in [5.74, 6) is 0. The van der Waals surface area contributed by atoms with Gasteiger partial charge in [0.1, 0.15) is 5.65 Å². The van der Waals surface area contributed by atoms with Gasteiger partial charge in [-0.3, -0.25) is 4.90 Å². The van der Waals surface area contributed by atoms with E-state index in [0.717, 1.165) is 29.1 Å². The first kappa shape index (κ1) is 15.5. The molecule has 1 N–H and O–H groups in total. The molecule has 3 aromatic rings. The molecular formula is C19H21N3O. The molecule has 23 heavy (non-hydrogen) atoms. The van der Waals surface area contributed by atoms with E-state index in [1.807, 2.05) is 48.7 Å². The van der Waals surface area contributed by atoms with Crippen LogP contribution in [-0.4, -0.2) is 39.1 Å². The second-order valence-electron chi connectivity index (χ2n) is 5.45. The Kier molecular flexibility index (Phi) is 4.86. The van der Waals surface area contributed by atoms with Gasteiger partial charge in [-0.1, -0.05) is 42.5 Å². The average molecular weight is 307 g/mol. The van der Waals surface area contributed by atoms with Crippen LogP contribution in [0.5, 0.6) is 0 Å². The van der Waals surface area contributed by atoms with Crippen molar-refractivity contribution >= 4 is 5.65 Å². The van der Waals surface area contributed by atoms with Crippen LogP contribution in [0.2, 0.25) is 0 Å². The molecule has 0 spiro atoms. The molecule has 0 saturated heterocycles. The van der Waals surface area contributed by atoms with E-state index >= 15 is 0 Å². The van der Waals surface area contributed by atoms with E-state index in [1.54, 1.807) is 0 Å². The summed E-state index contributed by atoms with van der Waals surface area (Å²) in [5.41, 5.74) is 4.16. The minimum atomic E-state index is 0.130. The molecule has 2 aromatic heterocycles. The van der Waals surface area contributed by atoms with Crippen molar-refractivity contribution in [2.45, 2.75) is 6.54 Å². The van der Waals surface area contributed by atoms with Gasteiger partial charge in [-0.15, -0.1) is 6.58 Å². The highest BCUT2D eigenvalue weighted by atomic mass is 16.3. The Balaban J connectivity index is 2.07. The number of aliphatic hydroxyl groups is 1. The van der Waals surface area contributed by atoms with Crippen molar-refractivity contribution in [3.05, 3.63) is 73.1 Å². The van der Waals surface area contributed by atoms with E-state index in [4.69, 9.17) is 4.98 Å². The molecular weight excluding hydrogens is 286 g/mol. The van der Waals surface area contributed by atoms with Crippen molar-refractivity contribution in [1.29, 1.82) is 0 Å². The van der Waals surface area contributed by atoms with Gasteiger partial charge < -0.3 is 9.51 Å². The third-order valence-electron chi connectivity index (χ3n) is 3.85. The average Bonchev–Trinajstić information content (AvgIpc) is 2.95. The Morgan fingerprint density at radius 3 is 2.65 bits per heavy atom. The molecule has 0 unspecified atom stereocenters. The maximum Gasteiger partial charge on any atom is 0.137 e. The SMILES string of the molecule is C=CCN(CCO)Cc1c(-c2ccccc2)nc2ccccn12. The molecule has 1 aromatic carbocycles. The summed E-state index contributed by atoms with van der Waals surface area (Å²) in [6.07, 6.45) is 3.90. The third kappa shape index (κ3) is 3.33. The van der Waals surface area contributed by atoms with Gasteiger partial charge >= 0.3 is 0 Å². The molecule has 118 valence electrons. The van der Waals surface area contributed by atoms with E-state index in [-0.39, 0.29) is 6.61 Å². The Bertz CT molecular complexity index is 780. The molecule has 0 aliphatic carbocycles. The molecule has 0 fully saturated rings. The molecule has 2 heterocycles. The van der Waals surface area contributed by atoms with Crippen LogP contribution in [0.1, 0.15) is 5.69 Å². The quantitative estimate of drug-likeness (QED) is 0.682. The van der Waals surface area contributed by atoms with Crippen LogP contribution in [0.3, 0.4) is 0 Å². The van der Waals surface area contributed by atoms with Crippen molar-refractivity contribution in [3.8, 4) is 11.3 Å². The van der Waals surface area contributed by atoms with E-state index < -0.39 is 0 Å². The lowest BCUT2D eigenvalue weighted by Gasteiger charge is -2.20. The molecule has 3 rings (SSSR count). The monoisotopic (exact) mass is 307 g/mol. The molecule has 0 radical (unpaired) electrons. The predicted octanol–water partition coefficient (Wildman–Crippen LogP) is 2.98. The zero-order valence-electron chi connectivity index (χ0n) is 13.1. The van der Waals surface area contributed by atoms with Crippen molar-refractivity contribution in [2.75, 3.05) is 19.7 Å². The van der Waals surface area contributed by atoms with Gasteiger partial charge in [0.25, 0.3) is 0 Å². The Hall–Kier alpha value is -2.43. The first-order valence-corrected chi connectivity index (χ1v) is 7.79. The first-order chi connectivity index (χ1) is 11.3. The van der Waals surface area contributed by atoms with Gasteiger partial charge in [0.15, 0.2) is 0 Å². The zero-order chi connectivity index (χ0) is 16.1. The van der Waals surface area contributed by atoms with Crippen molar-refractivity contribution in [3.63, 3.8) is 0 Å². The number of fused-ring (bicyclic) bond motifs is 1. The van der Waals surface area contributed by atoms with Crippen molar-refractivity contribution < 1.29 is 5.11 Å². The summed E-state index contributed by atoms with van der Waals surface area (Å²) in [6, 6.07) is 16.2. The van der Waals surface area contributed by atoms with Crippen LogP contribution in [0.25, 0.3) is 16.9 Å². The van der Waals surface area contributed by atoms with Crippen LogP contribution in [0.4, 0.5) is 0 Å². The van der Waals surface area contributed by atoms with Crippen LogP contribution >= 0.6 is 0 Å². The second-order valence-corrected chi connectivity index (χ2v) is 5.45. The minimum absolute atomic E-state index is 0.130. The van der Waals surface area contributed by atoms with Crippen molar-refractivity contribution in [1.82, 2.24) is 14.3 Å². The number of nitrogens with zero attached hydrogens (tertiary/aromatic N) is 3. The number of imidazole rings is 1. The summed E-state index contributed by atoms with van der Waals surface area (Å²) in [6.45, 7) is 5.99. The highest BCUT2D eigenvalue weighted by Crippen LogP contribution is 2.25. The second kappa shape index (κ2) is 7.22. The van der Waals surface area contributed by atoms with E-state index in [9.17, 15) is 5.11 Å². The largest absolute Gasteiger partial charge is 0.395 e. The molecule has 0 saturated carbocycles. The maximum absolute atomic E-state index is 9.29. The molecule has 0 aliphatic heterocycles. The van der Waals surface area contributed by atoms with Gasteiger partial charge in [-0.05, 0) is 12.1 Å². The van der Waals surface area contributed by atoms with Crippen LogP contribution in [0, 0.1) is 0 Å². The Morgan fingerprint density at radius 1 is 1.13 bits per heavy atom. The van der Waals surface area contributed by atoms with Gasteiger partial charge in [0, 0.05) is 31.4 Å². The van der Waals surface area contributed by atoms with Crippen LogP contribution < -0.4 is 0 Å². The predicted molar refractivity (Wildman–Crippen MR) is 93.2 cm³/mol. The summed E-state index contributed by atoms with van der Waals surface area (Å²) < 4.78 is 2.12. The Labute approximate surface area is 136 Å². The molecule has 0 atom stereocenters. The fraction of sp³-hybridized carbons (Fsp3) is 0.211. The fourth-order valence-corrected chi connectivity index (χ4v) is 2.80. The lowest BCUT2D eigenvalue weighted by molar-refractivity contribution is 0.202. The number of pyridine rings is 1. The standard InChI is InChI=1S/C19H21N3O/c1-2-11-21(13-14-23)15-17-19(16-8-4-3-5-9-16)20-18-10-6-7-12-22(17)18/h2-10,12,23H,1,11,13-15H2. The molecule has 0 amide bonds. The number of hydrogen-bond acceptors (Lipinski definition) is 3. The van der Waals surface area contributed by atoms with Gasteiger partial charge in [-0.25, -0.2) is 4.98 Å². The summed E-state index contributed by atoms with van der Waals surface area (Å²) in [4.78, 5) is 6.97. The van der Waals surface area contributed by atoms with Gasteiger partial charge in [0.05, 0.1) is 18.0 Å². The summed E-state index contributed by atoms with van der Waals surface area (Å²) in [5, 5.41) is 9.29.